The van der Waals surface area contributed by atoms with Crippen molar-refractivity contribution in [2.45, 2.75) is 25.3 Å². The van der Waals surface area contributed by atoms with Gasteiger partial charge in [0.1, 0.15) is 17.6 Å². The maximum Gasteiger partial charge on any atom is 0.249 e. The maximum atomic E-state index is 14.1. The van der Waals surface area contributed by atoms with Crippen molar-refractivity contribution in [1.29, 1.82) is 0 Å². The number of nitrogens with zero attached hydrogens (tertiary/aromatic N) is 1. The predicted octanol–water partition coefficient (Wildman–Crippen LogP) is 4.82. The number of nitrogens with one attached hydrogen (secondary N) is 2. The summed E-state index contributed by atoms with van der Waals surface area (Å²) in [5.41, 5.74) is 4.95. The van der Waals surface area contributed by atoms with Crippen molar-refractivity contribution in [3.8, 4) is 5.75 Å². The molecule has 1 unspecified atom stereocenters. The third kappa shape index (κ3) is 5.26. The number of aromatic amines is 1. The summed E-state index contributed by atoms with van der Waals surface area (Å²) in [4.78, 5) is 31.8. The van der Waals surface area contributed by atoms with Gasteiger partial charge in [0.05, 0.1) is 13.5 Å². The average molecular weight is 498 g/mol. The summed E-state index contributed by atoms with van der Waals surface area (Å²) in [5, 5.41) is 3.62. The van der Waals surface area contributed by atoms with E-state index in [1.165, 1.54) is 12.1 Å². The van der Waals surface area contributed by atoms with Gasteiger partial charge in [-0.15, -0.1) is 0 Å². The molecular weight excluding hydrogens is 469 g/mol. The zero-order valence-electron chi connectivity index (χ0n) is 20.8. The summed E-state index contributed by atoms with van der Waals surface area (Å²) in [6, 6.07) is 18.9. The lowest BCUT2D eigenvalue weighted by Gasteiger charge is -2.25. The van der Waals surface area contributed by atoms with E-state index in [2.05, 4.69) is 16.4 Å². The molecule has 2 heterocycles. The van der Waals surface area contributed by atoms with E-state index < -0.39 is 6.04 Å². The van der Waals surface area contributed by atoms with E-state index in [9.17, 15) is 14.0 Å². The van der Waals surface area contributed by atoms with Gasteiger partial charge >= 0.3 is 0 Å². The molecule has 0 fully saturated rings. The topological polar surface area (TPSA) is 74.4 Å². The number of hydrogen-bond donors (Lipinski definition) is 2. The van der Waals surface area contributed by atoms with Crippen molar-refractivity contribution in [1.82, 2.24) is 10.3 Å². The van der Waals surface area contributed by atoms with E-state index in [0.29, 0.717) is 35.2 Å². The fourth-order valence-corrected chi connectivity index (χ4v) is 4.78. The highest BCUT2D eigenvalue weighted by molar-refractivity contribution is 6.00. The van der Waals surface area contributed by atoms with E-state index in [1.54, 1.807) is 49.4 Å². The van der Waals surface area contributed by atoms with Crippen molar-refractivity contribution in [3.63, 3.8) is 0 Å². The van der Waals surface area contributed by atoms with Crippen LogP contribution in [0.5, 0.6) is 5.75 Å². The Labute approximate surface area is 214 Å². The molecule has 1 atom stereocenters. The van der Waals surface area contributed by atoms with Gasteiger partial charge in [0.2, 0.25) is 11.8 Å². The van der Waals surface area contributed by atoms with Crippen LogP contribution in [0.1, 0.15) is 22.4 Å². The number of aromatic nitrogens is 1. The molecule has 2 N–H and O–H groups in total. The first kappa shape index (κ1) is 24.3. The molecule has 3 aromatic carbocycles. The SMILES string of the molecule is COc1ccc(N(C)C(=O)C2Cc3cccc(c3)CC=Cc3[nH]c4ccc(F)cc4c3CC(=O)N2)cc1. The molecule has 4 aromatic rings. The summed E-state index contributed by atoms with van der Waals surface area (Å²) in [5.74, 6) is -0.220. The van der Waals surface area contributed by atoms with E-state index in [1.807, 2.05) is 30.4 Å². The van der Waals surface area contributed by atoms with Crippen LogP contribution in [0.3, 0.4) is 0 Å². The Hall–Kier alpha value is -4.39. The Morgan fingerprint density at radius 2 is 1.84 bits per heavy atom. The first-order chi connectivity index (χ1) is 17.9. The molecule has 37 heavy (non-hydrogen) atoms. The standard InChI is InChI=1S/C30H28FN3O3/c1-34(22-10-12-23(37-2)13-11-22)30(36)28-16-20-7-3-5-19(15-20)6-4-8-26-25(18-29(35)33-28)24-17-21(31)9-14-27(24)32-26/h3-5,7-15,17,28,32H,6,16,18H2,1-2H3,(H,33,35). The van der Waals surface area contributed by atoms with Gasteiger partial charge < -0.3 is 19.9 Å². The van der Waals surface area contributed by atoms with Crippen LogP contribution < -0.4 is 15.0 Å². The number of carbonyl (C=O) groups excluding carboxylic acids is 2. The Kier molecular flexibility index (Phi) is 6.77. The monoisotopic (exact) mass is 497 g/mol. The Bertz CT molecular complexity index is 1490. The molecule has 2 amide bonds. The fourth-order valence-electron chi connectivity index (χ4n) is 4.78. The Balaban J connectivity index is 1.51. The first-order valence-electron chi connectivity index (χ1n) is 12.2. The third-order valence-corrected chi connectivity index (χ3v) is 6.73. The predicted molar refractivity (Wildman–Crippen MR) is 143 cm³/mol. The summed E-state index contributed by atoms with van der Waals surface area (Å²) >= 11 is 0. The number of halogens is 1. The quantitative estimate of drug-likeness (QED) is 0.426. The van der Waals surface area contributed by atoms with Crippen LogP contribution in [0, 0.1) is 5.82 Å². The highest BCUT2D eigenvalue weighted by Gasteiger charge is 2.26. The minimum absolute atomic E-state index is 0.0107. The largest absolute Gasteiger partial charge is 0.497 e. The van der Waals surface area contributed by atoms with Crippen molar-refractivity contribution >= 4 is 34.5 Å². The zero-order chi connectivity index (χ0) is 25.9. The number of amides is 2. The van der Waals surface area contributed by atoms with Crippen LogP contribution in [-0.4, -0.2) is 37.0 Å². The smallest absolute Gasteiger partial charge is 0.249 e. The molecule has 0 saturated carbocycles. The van der Waals surface area contributed by atoms with Gasteiger partial charge in [-0.25, -0.2) is 4.39 Å². The molecule has 1 aromatic heterocycles. The summed E-state index contributed by atoms with van der Waals surface area (Å²) in [6.45, 7) is 0. The van der Waals surface area contributed by atoms with E-state index >= 15 is 0 Å². The molecule has 6 nitrogen and oxygen atoms in total. The van der Waals surface area contributed by atoms with Gasteiger partial charge in [-0.2, -0.15) is 0 Å². The van der Waals surface area contributed by atoms with Crippen molar-refractivity contribution in [3.05, 3.63) is 101 Å². The molecule has 5 rings (SSSR count). The van der Waals surface area contributed by atoms with Crippen LogP contribution in [0.2, 0.25) is 0 Å². The lowest BCUT2D eigenvalue weighted by Crippen LogP contribution is -2.49. The number of fused-ring (bicyclic) bond motifs is 5. The number of anilines is 1. The maximum absolute atomic E-state index is 14.1. The lowest BCUT2D eigenvalue weighted by atomic mass is 10.0. The van der Waals surface area contributed by atoms with Gasteiger partial charge in [-0.3, -0.25) is 9.59 Å². The normalized spacial score (nSPS) is 15.6. The van der Waals surface area contributed by atoms with Crippen LogP contribution in [0.4, 0.5) is 10.1 Å². The molecule has 0 radical (unpaired) electrons. The van der Waals surface area contributed by atoms with E-state index in [4.69, 9.17) is 4.74 Å². The number of H-pyrrole nitrogens is 1. The van der Waals surface area contributed by atoms with Crippen LogP contribution in [-0.2, 0) is 28.9 Å². The van der Waals surface area contributed by atoms with Crippen LogP contribution in [0.25, 0.3) is 17.0 Å². The second-order valence-corrected chi connectivity index (χ2v) is 9.23. The molecule has 188 valence electrons. The van der Waals surface area contributed by atoms with Crippen LogP contribution in [0.15, 0.2) is 72.8 Å². The molecular formula is C30H28FN3O3. The van der Waals surface area contributed by atoms with Crippen LogP contribution >= 0.6 is 0 Å². The molecule has 7 heteroatoms. The van der Waals surface area contributed by atoms with E-state index in [-0.39, 0.29) is 24.1 Å². The minimum Gasteiger partial charge on any atom is -0.497 e. The van der Waals surface area contributed by atoms with E-state index in [0.717, 1.165) is 22.3 Å². The molecule has 2 bridgehead atoms. The number of ether oxygens (including phenoxy) is 1. The minimum atomic E-state index is -0.783. The highest BCUT2D eigenvalue weighted by Crippen LogP contribution is 2.26. The van der Waals surface area contributed by atoms with Gasteiger partial charge in [0.25, 0.3) is 0 Å². The zero-order valence-corrected chi connectivity index (χ0v) is 20.8. The number of benzene rings is 3. The fraction of sp³-hybridized carbons (Fsp3) is 0.200. The highest BCUT2D eigenvalue weighted by atomic mass is 19.1. The summed E-state index contributed by atoms with van der Waals surface area (Å²) < 4.78 is 19.3. The summed E-state index contributed by atoms with van der Waals surface area (Å²) in [6.07, 6.45) is 5.00. The second-order valence-electron chi connectivity index (χ2n) is 9.23. The Morgan fingerprint density at radius 3 is 2.62 bits per heavy atom. The molecule has 0 aliphatic carbocycles. The number of hydrogen-bond acceptors (Lipinski definition) is 3. The lowest BCUT2D eigenvalue weighted by molar-refractivity contribution is -0.127. The average Bonchev–Trinajstić information content (AvgIpc) is 3.23. The number of allylic oxidation sites excluding steroid dienone is 1. The third-order valence-electron chi connectivity index (χ3n) is 6.73. The van der Waals surface area contributed by atoms with Gasteiger partial charge in [-0.1, -0.05) is 30.3 Å². The number of methoxy groups -OCH3 is 1. The van der Waals surface area contributed by atoms with Crippen molar-refractivity contribution < 1.29 is 18.7 Å². The first-order valence-corrected chi connectivity index (χ1v) is 12.2. The van der Waals surface area contributed by atoms with Gasteiger partial charge in [0.15, 0.2) is 0 Å². The van der Waals surface area contributed by atoms with Crippen molar-refractivity contribution in [2.24, 2.45) is 0 Å². The summed E-state index contributed by atoms with van der Waals surface area (Å²) in [7, 11) is 3.28. The van der Waals surface area contributed by atoms with Crippen molar-refractivity contribution in [2.75, 3.05) is 19.1 Å². The molecule has 1 aliphatic rings. The van der Waals surface area contributed by atoms with Gasteiger partial charge in [-0.05, 0) is 71.7 Å². The molecule has 0 spiro atoms. The second kappa shape index (κ2) is 10.3. The van der Waals surface area contributed by atoms with Gasteiger partial charge in [0, 0.05) is 35.8 Å². The Morgan fingerprint density at radius 1 is 1.05 bits per heavy atom. The molecule has 1 aliphatic heterocycles. The number of likely N-dealkylation sites (N-methyl/N-ethyl adjacent to an activating group) is 1. The number of carbonyl (C=O) groups is 2. The molecule has 0 saturated heterocycles. The number of rotatable bonds is 3.